The number of ether oxygens (including phenoxy) is 1. The third-order valence-electron chi connectivity index (χ3n) is 2.35. The second-order valence-corrected chi connectivity index (χ2v) is 4.26. The van der Waals surface area contributed by atoms with Crippen LogP contribution in [0.1, 0.15) is 17.5 Å². The number of aliphatic hydroxyl groups is 1. The van der Waals surface area contributed by atoms with E-state index in [0.717, 1.165) is 4.47 Å². The SMILES string of the molecule is COc1ccc(C(O)c2c(Br)cnn2C)nn1. The highest BCUT2D eigenvalue weighted by Crippen LogP contribution is 2.26. The Morgan fingerprint density at radius 3 is 2.65 bits per heavy atom. The normalized spacial score (nSPS) is 12.5. The fourth-order valence-electron chi connectivity index (χ4n) is 1.45. The van der Waals surface area contributed by atoms with Crippen LogP contribution in [0, 0.1) is 0 Å². The molecular formula is C10H11BrN4O2. The van der Waals surface area contributed by atoms with Crippen molar-refractivity contribution < 1.29 is 9.84 Å². The van der Waals surface area contributed by atoms with Gasteiger partial charge in [-0.05, 0) is 22.0 Å². The number of aliphatic hydroxyl groups excluding tert-OH is 1. The fraction of sp³-hybridized carbons (Fsp3) is 0.300. The number of hydrogen-bond donors (Lipinski definition) is 1. The Morgan fingerprint density at radius 2 is 2.18 bits per heavy atom. The molecule has 0 amide bonds. The monoisotopic (exact) mass is 298 g/mol. The molecule has 1 N–H and O–H groups in total. The van der Waals surface area contributed by atoms with Crippen molar-refractivity contribution >= 4 is 15.9 Å². The average molecular weight is 299 g/mol. The summed E-state index contributed by atoms with van der Waals surface area (Å²) in [5.74, 6) is 0.407. The molecule has 0 aliphatic heterocycles. The van der Waals surface area contributed by atoms with Crippen LogP contribution in [0.2, 0.25) is 0 Å². The molecule has 1 atom stereocenters. The molecule has 7 heteroatoms. The topological polar surface area (TPSA) is 73.1 Å². The second-order valence-electron chi connectivity index (χ2n) is 3.40. The van der Waals surface area contributed by atoms with Crippen LogP contribution in [0.5, 0.6) is 5.88 Å². The predicted molar refractivity (Wildman–Crippen MR) is 63.6 cm³/mol. The maximum Gasteiger partial charge on any atom is 0.233 e. The summed E-state index contributed by atoms with van der Waals surface area (Å²) in [6, 6.07) is 3.31. The number of hydrogen-bond acceptors (Lipinski definition) is 5. The van der Waals surface area contributed by atoms with E-state index in [1.165, 1.54) is 7.11 Å². The lowest BCUT2D eigenvalue weighted by atomic mass is 10.2. The van der Waals surface area contributed by atoms with Crippen LogP contribution in [-0.4, -0.2) is 32.2 Å². The maximum atomic E-state index is 10.2. The third-order valence-corrected chi connectivity index (χ3v) is 2.96. The zero-order valence-electron chi connectivity index (χ0n) is 9.33. The van der Waals surface area contributed by atoms with Gasteiger partial charge in [0.25, 0.3) is 0 Å². The Morgan fingerprint density at radius 1 is 1.41 bits per heavy atom. The van der Waals surface area contributed by atoms with E-state index in [1.807, 2.05) is 0 Å². The Hall–Kier alpha value is -1.47. The van der Waals surface area contributed by atoms with Gasteiger partial charge < -0.3 is 9.84 Å². The molecule has 0 saturated carbocycles. The Balaban J connectivity index is 2.33. The van der Waals surface area contributed by atoms with E-state index in [1.54, 1.807) is 30.1 Å². The van der Waals surface area contributed by atoms with Crippen molar-refractivity contribution in [2.45, 2.75) is 6.10 Å². The van der Waals surface area contributed by atoms with E-state index in [2.05, 4.69) is 31.2 Å². The highest BCUT2D eigenvalue weighted by atomic mass is 79.9. The van der Waals surface area contributed by atoms with Gasteiger partial charge in [0.2, 0.25) is 5.88 Å². The van der Waals surface area contributed by atoms with Gasteiger partial charge >= 0.3 is 0 Å². The van der Waals surface area contributed by atoms with Crippen molar-refractivity contribution in [2.24, 2.45) is 7.05 Å². The average Bonchev–Trinajstić information content (AvgIpc) is 2.68. The second kappa shape index (κ2) is 4.80. The molecule has 17 heavy (non-hydrogen) atoms. The number of aryl methyl sites for hydroxylation is 1. The summed E-state index contributed by atoms with van der Waals surface area (Å²) in [5.41, 5.74) is 1.07. The van der Waals surface area contributed by atoms with Crippen molar-refractivity contribution in [3.63, 3.8) is 0 Å². The first-order chi connectivity index (χ1) is 8.13. The van der Waals surface area contributed by atoms with Gasteiger partial charge in [-0.1, -0.05) is 0 Å². The summed E-state index contributed by atoms with van der Waals surface area (Å²) in [5, 5.41) is 21.9. The Bertz CT molecular complexity index is 492. The lowest BCUT2D eigenvalue weighted by Crippen LogP contribution is -2.09. The third kappa shape index (κ3) is 2.29. The molecule has 2 heterocycles. The minimum Gasteiger partial charge on any atom is -0.480 e. The van der Waals surface area contributed by atoms with Crippen LogP contribution in [0.4, 0.5) is 0 Å². The van der Waals surface area contributed by atoms with Crippen LogP contribution in [0.3, 0.4) is 0 Å². The molecule has 0 bridgehead atoms. The zero-order chi connectivity index (χ0) is 12.4. The predicted octanol–water partition coefficient (Wildman–Crippen LogP) is 1.06. The number of nitrogens with zero attached hydrogens (tertiary/aromatic N) is 4. The molecule has 0 aromatic carbocycles. The highest BCUT2D eigenvalue weighted by Gasteiger charge is 2.19. The number of methoxy groups -OCH3 is 1. The summed E-state index contributed by atoms with van der Waals surface area (Å²) < 4.78 is 7.22. The Labute approximate surface area is 106 Å². The summed E-state index contributed by atoms with van der Waals surface area (Å²) >= 11 is 3.33. The lowest BCUT2D eigenvalue weighted by molar-refractivity contribution is 0.202. The molecule has 2 rings (SSSR count). The van der Waals surface area contributed by atoms with Gasteiger partial charge in [0.15, 0.2) is 0 Å². The van der Waals surface area contributed by atoms with Gasteiger partial charge in [0.05, 0.1) is 29.2 Å². The van der Waals surface area contributed by atoms with E-state index in [4.69, 9.17) is 4.74 Å². The van der Waals surface area contributed by atoms with E-state index in [-0.39, 0.29) is 0 Å². The minimum atomic E-state index is -0.879. The largest absolute Gasteiger partial charge is 0.480 e. The van der Waals surface area contributed by atoms with Crippen molar-refractivity contribution in [3.8, 4) is 5.88 Å². The van der Waals surface area contributed by atoms with E-state index in [9.17, 15) is 5.11 Å². The smallest absolute Gasteiger partial charge is 0.233 e. The van der Waals surface area contributed by atoms with Crippen molar-refractivity contribution in [2.75, 3.05) is 7.11 Å². The molecule has 0 aliphatic carbocycles. The molecule has 90 valence electrons. The Kier molecular flexibility index (Phi) is 3.39. The molecule has 2 aromatic rings. The first-order valence-corrected chi connectivity index (χ1v) is 5.66. The summed E-state index contributed by atoms with van der Waals surface area (Å²) in [6.07, 6.45) is 0.741. The van der Waals surface area contributed by atoms with Crippen LogP contribution >= 0.6 is 15.9 Å². The van der Waals surface area contributed by atoms with Gasteiger partial charge in [-0.2, -0.15) is 5.10 Å². The summed E-state index contributed by atoms with van der Waals surface area (Å²) in [6.45, 7) is 0. The molecule has 2 aromatic heterocycles. The van der Waals surface area contributed by atoms with Crippen LogP contribution in [0.15, 0.2) is 22.8 Å². The van der Waals surface area contributed by atoms with Crippen LogP contribution in [-0.2, 0) is 7.05 Å². The van der Waals surface area contributed by atoms with Crippen LogP contribution < -0.4 is 4.74 Å². The van der Waals surface area contributed by atoms with Gasteiger partial charge in [0.1, 0.15) is 6.10 Å². The fourth-order valence-corrected chi connectivity index (χ4v) is 2.02. The standard InChI is InChI=1S/C10H11BrN4O2/c1-15-9(6(11)5-12-15)10(16)7-3-4-8(17-2)14-13-7/h3-5,10,16H,1-2H3. The number of halogens is 1. The number of rotatable bonds is 3. The van der Waals surface area contributed by atoms with Gasteiger partial charge in [0, 0.05) is 13.1 Å². The summed E-state index contributed by atoms with van der Waals surface area (Å²) in [7, 11) is 3.26. The molecule has 0 aliphatic rings. The van der Waals surface area contributed by atoms with Gasteiger partial charge in [-0.25, -0.2) is 0 Å². The van der Waals surface area contributed by atoms with Crippen molar-refractivity contribution in [1.82, 2.24) is 20.0 Å². The first kappa shape index (κ1) is 12.0. The molecule has 0 radical (unpaired) electrons. The van der Waals surface area contributed by atoms with Gasteiger partial charge in [-0.15, -0.1) is 10.2 Å². The highest BCUT2D eigenvalue weighted by molar-refractivity contribution is 9.10. The minimum absolute atomic E-state index is 0.407. The van der Waals surface area contributed by atoms with Gasteiger partial charge in [-0.3, -0.25) is 4.68 Å². The molecule has 0 spiro atoms. The molecule has 6 nitrogen and oxygen atoms in total. The molecule has 0 saturated heterocycles. The quantitative estimate of drug-likeness (QED) is 0.917. The molecular weight excluding hydrogens is 288 g/mol. The molecule has 0 fully saturated rings. The van der Waals surface area contributed by atoms with E-state index >= 15 is 0 Å². The van der Waals surface area contributed by atoms with Crippen LogP contribution in [0.25, 0.3) is 0 Å². The summed E-state index contributed by atoms with van der Waals surface area (Å²) in [4.78, 5) is 0. The van der Waals surface area contributed by atoms with Crippen molar-refractivity contribution in [1.29, 1.82) is 0 Å². The van der Waals surface area contributed by atoms with Crippen molar-refractivity contribution in [3.05, 3.63) is 34.2 Å². The molecule has 1 unspecified atom stereocenters. The first-order valence-electron chi connectivity index (χ1n) is 4.86. The van der Waals surface area contributed by atoms with E-state index in [0.29, 0.717) is 17.3 Å². The van der Waals surface area contributed by atoms with E-state index < -0.39 is 6.10 Å². The maximum absolute atomic E-state index is 10.2. The number of aromatic nitrogens is 4. The zero-order valence-corrected chi connectivity index (χ0v) is 10.9. The lowest BCUT2D eigenvalue weighted by Gasteiger charge is -2.10.